The number of aromatic nitrogens is 2. The number of fused-ring (bicyclic) bond motifs is 1. The summed E-state index contributed by atoms with van der Waals surface area (Å²) in [5.74, 6) is 0.969. The minimum atomic E-state index is -4.43. The maximum Gasteiger partial charge on any atom is 0.418 e. The van der Waals surface area contributed by atoms with Crippen molar-refractivity contribution in [1.29, 1.82) is 0 Å². The number of aliphatic imine (C=N–C) groups is 1. The van der Waals surface area contributed by atoms with Crippen LogP contribution < -0.4 is 0 Å². The van der Waals surface area contributed by atoms with Crippen LogP contribution in [0.15, 0.2) is 59.7 Å². The van der Waals surface area contributed by atoms with Crippen LogP contribution >= 0.6 is 11.8 Å². The van der Waals surface area contributed by atoms with E-state index >= 15 is 0 Å². The number of hydrogen-bond acceptors (Lipinski definition) is 4. The van der Waals surface area contributed by atoms with E-state index in [1.807, 2.05) is 38.1 Å². The first-order valence-electron chi connectivity index (χ1n) is 11.1. The van der Waals surface area contributed by atoms with Gasteiger partial charge < -0.3 is 9.47 Å². The Balaban J connectivity index is 1.67. The predicted octanol–water partition coefficient (Wildman–Crippen LogP) is 6.49. The molecule has 4 nitrogen and oxygen atoms in total. The molecule has 33 heavy (non-hydrogen) atoms. The van der Waals surface area contributed by atoms with Crippen LogP contribution in [0, 0.1) is 13.8 Å². The van der Waals surface area contributed by atoms with Crippen molar-refractivity contribution < 1.29 is 13.2 Å². The van der Waals surface area contributed by atoms with Crippen molar-refractivity contribution in [2.24, 2.45) is 4.99 Å². The van der Waals surface area contributed by atoms with Crippen LogP contribution in [0.5, 0.6) is 0 Å². The van der Waals surface area contributed by atoms with Gasteiger partial charge >= 0.3 is 6.18 Å². The molecule has 172 valence electrons. The van der Waals surface area contributed by atoms with Gasteiger partial charge in [-0.05, 0) is 56.2 Å². The van der Waals surface area contributed by atoms with Gasteiger partial charge in [0.05, 0.1) is 23.0 Å². The smallest absolute Gasteiger partial charge is 0.338 e. The standard InChI is InChI=1S/C25H25F3N4S/c1-4-17-14-33-24-30-22(20-10-7-8-12-29-20)23(32(17)24)18-13-15(2)31(16(18)3)21-11-6-5-9-19(21)25(26,27)28/h5-13,17,22-23H,4,14H2,1-3H3/t17-,22+,23-/m1/s1. The van der Waals surface area contributed by atoms with E-state index < -0.39 is 11.7 Å². The Labute approximate surface area is 195 Å². The molecule has 0 amide bonds. The van der Waals surface area contributed by atoms with E-state index in [2.05, 4.69) is 16.8 Å². The SMILES string of the molecule is CC[C@@H]1CSC2=N[C@@H](c3ccccn3)[C@@H](c3cc(C)n(-c4ccccc4C(F)(F)F)c3C)N21. The molecule has 0 N–H and O–H groups in total. The van der Waals surface area contributed by atoms with Crippen LogP contribution in [0.4, 0.5) is 13.2 Å². The molecule has 4 heterocycles. The summed E-state index contributed by atoms with van der Waals surface area (Å²) in [5.41, 5.74) is 2.97. The van der Waals surface area contributed by atoms with Gasteiger partial charge in [0.15, 0.2) is 5.17 Å². The number of alkyl halides is 3. The van der Waals surface area contributed by atoms with E-state index in [1.165, 1.54) is 6.07 Å². The molecule has 1 fully saturated rings. The number of aryl methyl sites for hydroxylation is 1. The minimum Gasteiger partial charge on any atom is -0.338 e. The highest BCUT2D eigenvalue weighted by Crippen LogP contribution is 2.50. The molecule has 8 heteroatoms. The summed E-state index contributed by atoms with van der Waals surface area (Å²) in [5, 5.41) is 1.00. The summed E-state index contributed by atoms with van der Waals surface area (Å²) >= 11 is 1.75. The van der Waals surface area contributed by atoms with E-state index in [0.717, 1.165) is 46.1 Å². The van der Waals surface area contributed by atoms with Crippen molar-refractivity contribution in [1.82, 2.24) is 14.5 Å². The Kier molecular flexibility index (Phi) is 5.51. The first kappa shape index (κ1) is 22.1. The van der Waals surface area contributed by atoms with Gasteiger partial charge in [0.2, 0.25) is 0 Å². The molecule has 2 aliphatic heterocycles. The van der Waals surface area contributed by atoms with Gasteiger partial charge in [0, 0.05) is 29.4 Å². The van der Waals surface area contributed by atoms with Gasteiger partial charge in [-0.3, -0.25) is 9.98 Å². The van der Waals surface area contributed by atoms with E-state index in [1.54, 1.807) is 34.7 Å². The summed E-state index contributed by atoms with van der Waals surface area (Å²) < 4.78 is 43.2. The molecular formula is C25H25F3N4S. The Morgan fingerprint density at radius 1 is 1.09 bits per heavy atom. The second kappa shape index (κ2) is 8.24. The van der Waals surface area contributed by atoms with E-state index in [-0.39, 0.29) is 17.8 Å². The van der Waals surface area contributed by atoms with Gasteiger partial charge in [-0.25, -0.2) is 0 Å². The Morgan fingerprint density at radius 2 is 1.85 bits per heavy atom. The highest BCUT2D eigenvalue weighted by atomic mass is 32.2. The zero-order valence-corrected chi connectivity index (χ0v) is 19.5. The van der Waals surface area contributed by atoms with Crippen LogP contribution in [0.2, 0.25) is 0 Å². The van der Waals surface area contributed by atoms with Crippen molar-refractivity contribution in [2.45, 2.75) is 51.5 Å². The second-order valence-electron chi connectivity index (χ2n) is 8.51. The number of rotatable bonds is 4. The maximum atomic E-state index is 13.8. The lowest BCUT2D eigenvalue weighted by atomic mass is 9.95. The number of para-hydroxylation sites is 1. The highest BCUT2D eigenvalue weighted by Gasteiger charge is 2.46. The number of pyridine rings is 1. The van der Waals surface area contributed by atoms with Crippen molar-refractivity contribution in [3.05, 3.63) is 82.9 Å². The van der Waals surface area contributed by atoms with Crippen molar-refractivity contribution in [3.8, 4) is 5.69 Å². The zero-order chi connectivity index (χ0) is 23.3. The largest absolute Gasteiger partial charge is 0.418 e. The third kappa shape index (κ3) is 3.64. The van der Waals surface area contributed by atoms with Crippen LogP contribution in [-0.4, -0.2) is 31.4 Å². The third-order valence-corrected chi connectivity index (χ3v) is 7.69. The van der Waals surface area contributed by atoms with Gasteiger partial charge in [-0.1, -0.05) is 36.9 Å². The van der Waals surface area contributed by atoms with Crippen LogP contribution in [-0.2, 0) is 6.18 Å². The average Bonchev–Trinajstić information content (AvgIpc) is 3.45. The van der Waals surface area contributed by atoms with Gasteiger partial charge in [-0.15, -0.1) is 0 Å². The molecule has 2 aliphatic rings. The number of halogens is 3. The first-order valence-corrected chi connectivity index (χ1v) is 12.0. The lowest BCUT2D eigenvalue weighted by Crippen LogP contribution is -2.35. The predicted molar refractivity (Wildman–Crippen MR) is 126 cm³/mol. The molecule has 0 aliphatic carbocycles. The summed E-state index contributed by atoms with van der Waals surface area (Å²) in [4.78, 5) is 12.0. The molecule has 5 rings (SSSR count). The number of amidine groups is 1. The fourth-order valence-electron chi connectivity index (χ4n) is 5.05. The summed E-state index contributed by atoms with van der Waals surface area (Å²) in [6, 6.07) is 13.6. The molecule has 3 aromatic rings. The van der Waals surface area contributed by atoms with Crippen LogP contribution in [0.1, 0.15) is 53.6 Å². The normalized spacial score (nSPS) is 22.5. The summed E-state index contributed by atoms with van der Waals surface area (Å²) in [6.45, 7) is 5.95. The number of benzene rings is 1. The van der Waals surface area contributed by atoms with E-state index in [0.29, 0.717) is 6.04 Å². The monoisotopic (exact) mass is 470 g/mol. The topological polar surface area (TPSA) is 33.4 Å². The molecule has 0 bridgehead atoms. The molecule has 0 spiro atoms. The quantitative estimate of drug-likeness (QED) is 0.437. The van der Waals surface area contributed by atoms with E-state index in [9.17, 15) is 13.2 Å². The number of hydrogen-bond donors (Lipinski definition) is 0. The Bertz CT molecular complexity index is 1200. The fraction of sp³-hybridized carbons (Fsp3) is 0.360. The zero-order valence-electron chi connectivity index (χ0n) is 18.7. The minimum absolute atomic E-state index is 0.104. The lowest BCUT2D eigenvalue weighted by molar-refractivity contribution is -0.137. The molecule has 3 atom stereocenters. The Morgan fingerprint density at radius 3 is 2.55 bits per heavy atom. The van der Waals surface area contributed by atoms with Crippen LogP contribution in [0.3, 0.4) is 0 Å². The molecule has 1 aromatic carbocycles. The van der Waals surface area contributed by atoms with E-state index in [4.69, 9.17) is 4.99 Å². The van der Waals surface area contributed by atoms with Gasteiger partial charge in [0.25, 0.3) is 0 Å². The first-order chi connectivity index (χ1) is 15.8. The van der Waals surface area contributed by atoms with Crippen molar-refractivity contribution >= 4 is 16.9 Å². The van der Waals surface area contributed by atoms with Crippen LogP contribution in [0.25, 0.3) is 5.69 Å². The molecule has 0 unspecified atom stereocenters. The highest BCUT2D eigenvalue weighted by molar-refractivity contribution is 8.14. The lowest BCUT2D eigenvalue weighted by Gasteiger charge is -2.32. The molecule has 0 saturated carbocycles. The fourth-order valence-corrected chi connectivity index (χ4v) is 6.39. The summed E-state index contributed by atoms with van der Waals surface area (Å²) in [6.07, 6.45) is -1.69. The molecular weight excluding hydrogens is 445 g/mol. The Hall–Kier alpha value is -2.74. The number of thioether (sulfide) groups is 1. The third-order valence-electron chi connectivity index (χ3n) is 6.57. The second-order valence-corrected chi connectivity index (χ2v) is 9.50. The number of nitrogens with zero attached hydrogens (tertiary/aromatic N) is 4. The van der Waals surface area contributed by atoms with Crippen molar-refractivity contribution in [3.63, 3.8) is 0 Å². The molecule has 0 radical (unpaired) electrons. The summed E-state index contributed by atoms with van der Waals surface area (Å²) in [7, 11) is 0. The van der Waals surface area contributed by atoms with Gasteiger partial charge in [-0.2, -0.15) is 13.2 Å². The molecule has 2 aromatic heterocycles. The van der Waals surface area contributed by atoms with Gasteiger partial charge in [0.1, 0.15) is 6.04 Å². The maximum absolute atomic E-state index is 13.8. The average molecular weight is 471 g/mol. The molecule has 1 saturated heterocycles. The van der Waals surface area contributed by atoms with Crippen molar-refractivity contribution in [2.75, 3.05) is 5.75 Å².